The van der Waals surface area contributed by atoms with Gasteiger partial charge in [0.1, 0.15) is 6.17 Å². The number of halogens is 5. The van der Waals surface area contributed by atoms with Gasteiger partial charge in [-0.15, -0.1) is 6.58 Å². The highest BCUT2D eigenvalue weighted by molar-refractivity contribution is 4.81. The summed E-state index contributed by atoms with van der Waals surface area (Å²) in [6, 6.07) is 0. The summed E-state index contributed by atoms with van der Waals surface area (Å²) in [5.41, 5.74) is 0. The molecule has 0 aliphatic carbocycles. The quantitative estimate of drug-likeness (QED) is 0.459. The first-order valence-electron chi connectivity index (χ1n) is 3.32. The van der Waals surface area contributed by atoms with Crippen LogP contribution in [-0.4, -0.2) is 18.5 Å². The van der Waals surface area contributed by atoms with Gasteiger partial charge >= 0.3 is 12.3 Å². The Bertz CT molecular complexity index is 143. The molecular formula is C7H9F5. The monoisotopic (exact) mass is 188 g/mol. The van der Waals surface area contributed by atoms with Crippen LogP contribution in [-0.2, 0) is 0 Å². The smallest absolute Gasteiger partial charge is 0.243 e. The van der Waals surface area contributed by atoms with Crippen LogP contribution in [0.1, 0.15) is 12.8 Å². The zero-order valence-electron chi connectivity index (χ0n) is 6.24. The van der Waals surface area contributed by atoms with Crippen molar-refractivity contribution in [2.75, 3.05) is 0 Å². The average molecular weight is 188 g/mol. The van der Waals surface area contributed by atoms with Crippen LogP contribution in [0.25, 0.3) is 0 Å². The Labute approximate surface area is 67.1 Å². The molecule has 5 heteroatoms. The summed E-state index contributed by atoms with van der Waals surface area (Å²) in [5, 5.41) is 0. The van der Waals surface area contributed by atoms with Crippen molar-refractivity contribution in [3.8, 4) is 0 Å². The van der Waals surface area contributed by atoms with Gasteiger partial charge in [0.25, 0.3) is 0 Å². The SMILES string of the molecule is C=CC(F)CCC(F)(F)C(F)F. The van der Waals surface area contributed by atoms with Gasteiger partial charge in [-0.1, -0.05) is 6.08 Å². The van der Waals surface area contributed by atoms with E-state index in [-0.39, 0.29) is 0 Å². The van der Waals surface area contributed by atoms with Gasteiger partial charge in [-0.25, -0.2) is 22.0 Å². The highest BCUT2D eigenvalue weighted by Crippen LogP contribution is 2.28. The molecule has 0 amide bonds. The fourth-order valence-electron chi connectivity index (χ4n) is 0.557. The van der Waals surface area contributed by atoms with Crippen molar-refractivity contribution in [3.05, 3.63) is 12.7 Å². The van der Waals surface area contributed by atoms with Gasteiger partial charge in [-0.05, 0) is 6.42 Å². The lowest BCUT2D eigenvalue weighted by Crippen LogP contribution is -2.27. The van der Waals surface area contributed by atoms with E-state index in [1.54, 1.807) is 0 Å². The molecule has 0 aromatic carbocycles. The van der Waals surface area contributed by atoms with Crippen LogP contribution in [0.15, 0.2) is 12.7 Å². The molecule has 0 aromatic rings. The van der Waals surface area contributed by atoms with Crippen LogP contribution in [0.4, 0.5) is 22.0 Å². The summed E-state index contributed by atoms with van der Waals surface area (Å²) in [5.74, 6) is -4.09. The second-order valence-corrected chi connectivity index (χ2v) is 2.35. The van der Waals surface area contributed by atoms with Crippen molar-refractivity contribution in [2.24, 2.45) is 0 Å². The normalized spacial score (nSPS) is 14.8. The Kier molecular flexibility index (Phi) is 4.20. The lowest BCUT2D eigenvalue weighted by Gasteiger charge is -2.14. The van der Waals surface area contributed by atoms with Gasteiger partial charge in [0.2, 0.25) is 0 Å². The Balaban J connectivity index is 3.83. The molecule has 0 radical (unpaired) electrons. The molecule has 0 aliphatic heterocycles. The van der Waals surface area contributed by atoms with Gasteiger partial charge in [0.05, 0.1) is 0 Å². The van der Waals surface area contributed by atoms with E-state index in [1.807, 2.05) is 0 Å². The largest absolute Gasteiger partial charge is 0.307 e. The fraction of sp³-hybridized carbons (Fsp3) is 0.714. The Morgan fingerprint density at radius 1 is 1.25 bits per heavy atom. The maximum absolute atomic E-state index is 12.2. The molecule has 0 saturated heterocycles. The van der Waals surface area contributed by atoms with Crippen LogP contribution < -0.4 is 0 Å². The van der Waals surface area contributed by atoms with E-state index in [2.05, 4.69) is 6.58 Å². The summed E-state index contributed by atoms with van der Waals surface area (Å²) in [6.07, 6.45) is -6.34. The summed E-state index contributed by atoms with van der Waals surface area (Å²) in [6.45, 7) is 3.00. The van der Waals surface area contributed by atoms with Crippen molar-refractivity contribution in [1.29, 1.82) is 0 Å². The van der Waals surface area contributed by atoms with Gasteiger partial charge in [-0.3, -0.25) is 0 Å². The molecule has 0 saturated carbocycles. The Morgan fingerprint density at radius 2 is 1.75 bits per heavy atom. The molecular weight excluding hydrogens is 179 g/mol. The molecule has 0 spiro atoms. The lowest BCUT2D eigenvalue weighted by atomic mass is 10.1. The molecule has 0 heterocycles. The third-order valence-electron chi connectivity index (χ3n) is 1.33. The summed E-state index contributed by atoms with van der Waals surface area (Å²) in [4.78, 5) is 0. The highest BCUT2D eigenvalue weighted by Gasteiger charge is 2.40. The van der Waals surface area contributed by atoms with E-state index in [4.69, 9.17) is 0 Å². The van der Waals surface area contributed by atoms with Crippen molar-refractivity contribution >= 4 is 0 Å². The second kappa shape index (κ2) is 4.42. The molecule has 0 bridgehead atoms. The van der Waals surface area contributed by atoms with Gasteiger partial charge in [0, 0.05) is 6.42 Å². The number of rotatable bonds is 5. The lowest BCUT2D eigenvalue weighted by molar-refractivity contribution is -0.135. The molecule has 12 heavy (non-hydrogen) atoms. The highest BCUT2D eigenvalue weighted by atomic mass is 19.3. The topological polar surface area (TPSA) is 0 Å². The Hall–Kier alpha value is -0.610. The van der Waals surface area contributed by atoms with Crippen LogP contribution in [0.3, 0.4) is 0 Å². The van der Waals surface area contributed by atoms with Gasteiger partial charge in [-0.2, -0.15) is 0 Å². The number of alkyl halides is 5. The summed E-state index contributed by atoms with van der Waals surface area (Å²) >= 11 is 0. The van der Waals surface area contributed by atoms with Crippen LogP contribution >= 0.6 is 0 Å². The number of hydrogen-bond donors (Lipinski definition) is 0. The Morgan fingerprint density at radius 3 is 2.08 bits per heavy atom. The first-order valence-corrected chi connectivity index (χ1v) is 3.32. The first-order chi connectivity index (χ1) is 5.40. The third kappa shape index (κ3) is 3.69. The molecule has 0 fully saturated rings. The molecule has 0 nitrogen and oxygen atoms in total. The maximum Gasteiger partial charge on any atom is 0.307 e. The predicted molar refractivity (Wildman–Crippen MR) is 35.3 cm³/mol. The van der Waals surface area contributed by atoms with Crippen LogP contribution in [0, 0.1) is 0 Å². The van der Waals surface area contributed by atoms with E-state index in [1.165, 1.54) is 0 Å². The number of hydrogen-bond acceptors (Lipinski definition) is 0. The predicted octanol–water partition coefficient (Wildman–Crippen LogP) is 3.19. The van der Waals surface area contributed by atoms with Gasteiger partial charge in [0.15, 0.2) is 0 Å². The second-order valence-electron chi connectivity index (χ2n) is 2.35. The van der Waals surface area contributed by atoms with E-state index in [0.717, 1.165) is 6.08 Å². The fourth-order valence-corrected chi connectivity index (χ4v) is 0.557. The minimum absolute atomic E-state index is 0.624. The van der Waals surface area contributed by atoms with Crippen molar-refractivity contribution in [1.82, 2.24) is 0 Å². The van der Waals surface area contributed by atoms with Crippen molar-refractivity contribution < 1.29 is 22.0 Å². The molecule has 0 N–H and O–H groups in total. The molecule has 0 aromatic heterocycles. The van der Waals surface area contributed by atoms with E-state index < -0.39 is 31.4 Å². The zero-order valence-corrected chi connectivity index (χ0v) is 6.24. The first kappa shape index (κ1) is 11.4. The molecule has 1 atom stereocenters. The maximum atomic E-state index is 12.2. The summed E-state index contributed by atoms with van der Waals surface area (Å²) < 4.78 is 59.4. The minimum atomic E-state index is -4.09. The van der Waals surface area contributed by atoms with Gasteiger partial charge < -0.3 is 0 Å². The number of allylic oxidation sites excluding steroid dienone is 1. The zero-order chi connectivity index (χ0) is 9.78. The van der Waals surface area contributed by atoms with Crippen molar-refractivity contribution in [2.45, 2.75) is 31.4 Å². The molecule has 0 aliphatic rings. The van der Waals surface area contributed by atoms with Crippen LogP contribution in [0.2, 0.25) is 0 Å². The van der Waals surface area contributed by atoms with E-state index in [9.17, 15) is 22.0 Å². The van der Waals surface area contributed by atoms with Crippen LogP contribution in [0.5, 0.6) is 0 Å². The minimum Gasteiger partial charge on any atom is -0.243 e. The molecule has 1 unspecified atom stereocenters. The summed E-state index contributed by atoms with van der Waals surface area (Å²) in [7, 11) is 0. The van der Waals surface area contributed by atoms with E-state index >= 15 is 0 Å². The van der Waals surface area contributed by atoms with E-state index in [0.29, 0.717) is 0 Å². The van der Waals surface area contributed by atoms with Crippen molar-refractivity contribution in [3.63, 3.8) is 0 Å². The molecule has 0 rings (SSSR count). The standard InChI is InChI=1S/C7H9F5/c1-2-5(8)3-4-7(11,12)6(9)10/h2,5-6H,1,3-4H2. The molecule has 72 valence electrons. The third-order valence-corrected chi connectivity index (χ3v) is 1.33. The average Bonchev–Trinajstić information content (AvgIpc) is 2.00.